The number of nitrogens with zero attached hydrogens (tertiary/aromatic N) is 6. The topological polar surface area (TPSA) is 197 Å². The Labute approximate surface area is 579 Å². The fourth-order valence-electron chi connectivity index (χ4n) is 12.9. The summed E-state index contributed by atoms with van der Waals surface area (Å²) < 4.78 is 27.0. The second kappa shape index (κ2) is 30.2. The zero-order valence-corrected chi connectivity index (χ0v) is 56.0. The molecule has 0 bridgehead atoms. The van der Waals surface area contributed by atoms with Crippen molar-refractivity contribution in [3.8, 4) is 33.8 Å². The van der Waals surface area contributed by atoms with Gasteiger partial charge in [-0.3, -0.25) is 4.18 Å². The Bertz CT molecular complexity index is 4880. The Morgan fingerprint density at radius 1 is 0.412 bits per heavy atom. The zero-order valence-electron chi connectivity index (χ0n) is 53.0. The second-order valence-corrected chi connectivity index (χ2v) is 26.9. The number of rotatable bonds is 17. The van der Waals surface area contributed by atoms with Gasteiger partial charge >= 0.3 is 0 Å². The molecule has 3 heterocycles. The largest absolute Gasteiger partial charge is 0.396 e. The van der Waals surface area contributed by atoms with Crippen molar-refractivity contribution in [2.75, 3.05) is 42.0 Å². The molecule has 15 rings (SSSR count). The molecule has 18 heteroatoms. The fourth-order valence-corrected chi connectivity index (χ4v) is 13.9. The molecule has 0 amide bonds. The average Bonchev–Trinajstić information content (AvgIpc) is 0.776. The van der Waals surface area contributed by atoms with Crippen LogP contribution in [0, 0.1) is 0 Å². The number of aromatic nitrogens is 6. The first-order valence-corrected chi connectivity index (χ1v) is 35.0. The summed E-state index contributed by atoms with van der Waals surface area (Å²) in [6, 6.07) is 73.0. The van der Waals surface area contributed by atoms with E-state index >= 15 is 0 Å². The standard InChI is InChI=1S/C27H24ClN3O3S.2C26H22ClN3O/c1-35(32,33)34-15-14-18-10-12-20(13-11-18)30-27-29-17-19-16-24(22-7-4-5-9-25(22)28)21-6-2-3-8-23(21)26(19)31-27;27-24-8-4-3-6-21(24)23-15-18-16-28-26(29-19-11-9-17(10-12-19)13-14-31)30-25(18)22-7-2-1-5-20(22)23;27-20-9-7-18(8-10-20)24-15-19-16-28-26(29-21-11-5-17(6-12-21)13-14-31)30-25(19)23-4-2-1-3-22(23)24/h2-13,17,24H,14-16H2,1H3,(H,29,30,31);1-12,16,23,31H,13-15H2,(H,28,29,30);1-12,16,24,31H,13-15H2,(H,28,29,30)/t24-;23-;24-/m000/s1. The summed E-state index contributed by atoms with van der Waals surface area (Å²) in [5.74, 6) is 2.24. The van der Waals surface area contributed by atoms with Crippen LogP contribution in [0.3, 0.4) is 0 Å². The number of halogens is 3. The van der Waals surface area contributed by atoms with E-state index in [1.165, 1.54) is 22.3 Å². The van der Waals surface area contributed by atoms with Crippen molar-refractivity contribution >= 4 is 79.8 Å². The maximum atomic E-state index is 11.1. The van der Waals surface area contributed by atoms with E-state index in [1.54, 1.807) is 0 Å². The first kappa shape index (κ1) is 66.0. The van der Waals surface area contributed by atoms with Gasteiger partial charge in [0.1, 0.15) is 0 Å². The Hall–Kier alpha value is -9.68. The monoisotopic (exact) mass is 1360 g/mol. The summed E-state index contributed by atoms with van der Waals surface area (Å²) in [7, 11) is -3.43. The molecule has 0 saturated carbocycles. The van der Waals surface area contributed by atoms with Gasteiger partial charge in [0.2, 0.25) is 17.8 Å². The van der Waals surface area contributed by atoms with Gasteiger partial charge in [0.25, 0.3) is 10.1 Å². The number of aliphatic hydroxyl groups is 2. The van der Waals surface area contributed by atoms with Gasteiger partial charge in [-0.25, -0.2) is 29.9 Å². The number of anilines is 6. The number of fused-ring (bicyclic) bond motifs is 9. The Balaban J connectivity index is 0.000000132. The van der Waals surface area contributed by atoms with Crippen molar-refractivity contribution in [2.45, 2.75) is 56.3 Å². The first-order chi connectivity index (χ1) is 47.3. The summed E-state index contributed by atoms with van der Waals surface area (Å²) in [5, 5.41) is 30.3. The molecule has 9 aromatic carbocycles. The highest BCUT2D eigenvalue weighted by molar-refractivity contribution is 7.86. The SMILES string of the molecule is CS(=O)(=O)OCCc1ccc(Nc2ncc3c(n2)-c2ccccc2[C@@H](c2ccccc2Cl)C3)cc1.OCCc1ccc(Nc2ncc3c(n2)-c2ccccc2[C@@H](c2ccccc2Cl)C3)cc1.OCCc1ccc(Nc2ncc3c(n2)-c2ccccc2[C@H](c2ccc(Cl)cc2)C3)cc1. The van der Waals surface area contributed by atoms with Crippen LogP contribution in [0.4, 0.5) is 34.9 Å². The minimum absolute atomic E-state index is 0.119. The molecule has 14 nitrogen and oxygen atoms in total. The van der Waals surface area contributed by atoms with Crippen LogP contribution in [0.25, 0.3) is 33.8 Å². The normalized spacial score (nSPS) is 14.6. The highest BCUT2D eigenvalue weighted by atomic mass is 35.5. The van der Waals surface area contributed by atoms with Crippen molar-refractivity contribution < 1.29 is 22.8 Å². The molecule has 0 aliphatic heterocycles. The minimum atomic E-state index is -3.43. The third kappa shape index (κ3) is 15.8. The molecule has 0 unspecified atom stereocenters. The predicted molar refractivity (Wildman–Crippen MR) is 389 cm³/mol. The molecule has 0 fully saturated rings. The molecule has 3 atom stereocenters. The lowest BCUT2D eigenvalue weighted by Gasteiger charge is -2.28. The third-order valence-corrected chi connectivity index (χ3v) is 19.1. The number of benzene rings is 9. The van der Waals surface area contributed by atoms with Gasteiger partial charge in [-0.15, -0.1) is 0 Å². The summed E-state index contributed by atoms with van der Waals surface area (Å²) in [6.45, 7) is 0.417. The highest BCUT2D eigenvalue weighted by Crippen LogP contribution is 2.47. The van der Waals surface area contributed by atoms with Crippen molar-refractivity contribution in [3.63, 3.8) is 0 Å². The van der Waals surface area contributed by atoms with E-state index in [-0.39, 0.29) is 37.6 Å². The van der Waals surface area contributed by atoms with Crippen LogP contribution in [0.5, 0.6) is 0 Å². The minimum Gasteiger partial charge on any atom is -0.396 e. The number of aliphatic hydroxyl groups excluding tert-OH is 2. The van der Waals surface area contributed by atoms with Crippen LogP contribution in [0.1, 0.15) is 84.5 Å². The summed E-state index contributed by atoms with van der Waals surface area (Å²) in [5.41, 5.74) is 22.6. The van der Waals surface area contributed by atoms with Crippen LogP contribution in [0.2, 0.25) is 15.1 Å². The van der Waals surface area contributed by atoms with E-state index in [1.807, 2.05) is 152 Å². The van der Waals surface area contributed by atoms with Crippen molar-refractivity contribution in [3.05, 3.63) is 319 Å². The van der Waals surface area contributed by atoms with Gasteiger partial charge in [-0.1, -0.05) is 193 Å². The molecule has 0 saturated heterocycles. The number of hydrogen-bond donors (Lipinski definition) is 5. The lowest BCUT2D eigenvalue weighted by molar-refractivity contribution is 0.299. The third-order valence-electron chi connectivity index (χ3n) is 17.6. The smallest absolute Gasteiger partial charge is 0.264 e. The molecule has 5 N–H and O–H groups in total. The van der Waals surface area contributed by atoms with E-state index in [0.717, 1.165) is 136 Å². The number of nitrogens with one attached hydrogen (secondary N) is 3. The van der Waals surface area contributed by atoms with Crippen LogP contribution < -0.4 is 16.0 Å². The highest BCUT2D eigenvalue weighted by Gasteiger charge is 2.31. The predicted octanol–water partition coefficient (Wildman–Crippen LogP) is 17.3. The molecule has 0 spiro atoms. The van der Waals surface area contributed by atoms with Crippen molar-refractivity contribution in [1.82, 2.24) is 29.9 Å². The van der Waals surface area contributed by atoms with Gasteiger partial charge in [0, 0.05) is 98.4 Å². The molecular formula is C79H68Cl3N9O5S. The Morgan fingerprint density at radius 2 is 0.742 bits per heavy atom. The maximum Gasteiger partial charge on any atom is 0.264 e. The molecule has 3 aliphatic rings. The van der Waals surface area contributed by atoms with Crippen LogP contribution >= 0.6 is 34.8 Å². The molecule has 12 aromatic rings. The van der Waals surface area contributed by atoms with Gasteiger partial charge in [0.15, 0.2) is 0 Å². The van der Waals surface area contributed by atoms with E-state index in [9.17, 15) is 8.42 Å². The van der Waals surface area contributed by atoms with E-state index in [0.29, 0.717) is 37.1 Å². The van der Waals surface area contributed by atoms with E-state index in [4.69, 9.17) is 64.2 Å². The zero-order chi connectivity index (χ0) is 66.8. The van der Waals surface area contributed by atoms with E-state index in [2.05, 4.69) is 116 Å². The summed E-state index contributed by atoms with van der Waals surface area (Å²) in [4.78, 5) is 28.3. The first-order valence-electron chi connectivity index (χ1n) is 32.0. The van der Waals surface area contributed by atoms with Crippen LogP contribution in [0.15, 0.2) is 237 Å². The van der Waals surface area contributed by atoms with Gasteiger partial charge in [0.05, 0.1) is 29.9 Å². The molecule has 0 radical (unpaired) electrons. The van der Waals surface area contributed by atoms with Gasteiger partial charge < -0.3 is 26.2 Å². The lowest BCUT2D eigenvalue weighted by atomic mass is 9.78. The maximum absolute atomic E-state index is 11.1. The Kier molecular flexibility index (Phi) is 20.5. The lowest BCUT2D eigenvalue weighted by Crippen LogP contribution is -2.15. The van der Waals surface area contributed by atoms with Gasteiger partial charge in [-0.05, 0) is 166 Å². The molecule has 97 heavy (non-hydrogen) atoms. The quantitative estimate of drug-likeness (QED) is 0.0540. The molecule has 3 aromatic heterocycles. The van der Waals surface area contributed by atoms with Crippen LogP contribution in [-0.4, -0.2) is 74.6 Å². The van der Waals surface area contributed by atoms with Crippen molar-refractivity contribution in [1.29, 1.82) is 0 Å². The Morgan fingerprint density at radius 3 is 1.10 bits per heavy atom. The molecular weight excluding hydrogens is 1290 g/mol. The fraction of sp³-hybridized carbons (Fsp3) is 0.165. The summed E-state index contributed by atoms with van der Waals surface area (Å²) in [6.07, 6.45) is 11.0. The average molecular weight is 1360 g/mol. The van der Waals surface area contributed by atoms with Gasteiger partial charge in [-0.2, -0.15) is 8.42 Å². The molecule has 486 valence electrons. The summed E-state index contributed by atoms with van der Waals surface area (Å²) >= 11 is 19.2. The van der Waals surface area contributed by atoms with E-state index < -0.39 is 10.1 Å². The van der Waals surface area contributed by atoms with Crippen LogP contribution in [-0.2, 0) is 52.8 Å². The van der Waals surface area contributed by atoms with Crippen molar-refractivity contribution in [2.24, 2.45) is 0 Å². The molecule has 3 aliphatic carbocycles. The second-order valence-electron chi connectivity index (χ2n) is 24.0. The number of hydrogen-bond acceptors (Lipinski definition) is 14.